The molecular weight excluding hydrogens is 332 g/mol. The molecule has 1 aromatic heterocycles. The zero-order valence-electron chi connectivity index (χ0n) is 15.1. The Morgan fingerprint density at radius 3 is 2.88 bits per heavy atom. The van der Waals surface area contributed by atoms with Gasteiger partial charge >= 0.3 is 0 Å². The minimum atomic E-state index is -0.363. The van der Waals surface area contributed by atoms with Crippen molar-refractivity contribution in [3.63, 3.8) is 0 Å². The number of piperidine rings is 1. The molecule has 0 spiro atoms. The Labute approximate surface area is 152 Å². The number of likely N-dealkylation sites (tertiary alicyclic amines) is 1. The molecule has 0 bridgehead atoms. The molecule has 1 aliphatic heterocycles. The van der Waals surface area contributed by atoms with E-state index in [-0.39, 0.29) is 24.3 Å². The SMILES string of the molecule is Cc1c(NC(=O)C2CCCN(CC(N)=O)C2)cccc1-c1nncn1C. The van der Waals surface area contributed by atoms with E-state index in [1.54, 1.807) is 6.33 Å². The predicted molar refractivity (Wildman–Crippen MR) is 98.2 cm³/mol. The van der Waals surface area contributed by atoms with Gasteiger partial charge in [0.1, 0.15) is 6.33 Å². The van der Waals surface area contributed by atoms with Gasteiger partial charge in [0.05, 0.1) is 12.5 Å². The number of benzene rings is 1. The number of primary amides is 1. The third kappa shape index (κ3) is 3.91. The summed E-state index contributed by atoms with van der Waals surface area (Å²) in [6.07, 6.45) is 3.34. The van der Waals surface area contributed by atoms with Gasteiger partial charge in [-0.25, -0.2) is 0 Å². The monoisotopic (exact) mass is 356 g/mol. The Morgan fingerprint density at radius 1 is 1.38 bits per heavy atom. The highest BCUT2D eigenvalue weighted by molar-refractivity contribution is 5.94. The van der Waals surface area contributed by atoms with E-state index in [1.807, 2.05) is 41.6 Å². The summed E-state index contributed by atoms with van der Waals surface area (Å²) >= 11 is 0. The number of aryl methyl sites for hydroxylation is 1. The summed E-state index contributed by atoms with van der Waals surface area (Å²) < 4.78 is 1.84. The number of carbonyl (C=O) groups excluding carboxylic acids is 2. The molecule has 0 saturated carbocycles. The molecule has 1 aromatic carbocycles. The number of hydrogen-bond donors (Lipinski definition) is 2. The van der Waals surface area contributed by atoms with Gasteiger partial charge in [0.15, 0.2) is 5.82 Å². The quantitative estimate of drug-likeness (QED) is 0.829. The zero-order valence-corrected chi connectivity index (χ0v) is 15.1. The van der Waals surface area contributed by atoms with Crippen LogP contribution >= 0.6 is 0 Å². The lowest BCUT2D eigenvalue weighted by atomic mass is 9.96. The van der Waals surface area contributed by atoms with Crippen molar-refractivity contribution in [1.82, 2.24) is 19.7 Å². The van der Waals surface area contributed by atoms with E-state index < -0.39 is 0 Å². The summed E-state index contributed by atoms with van der Waals surface area (Å²) in [4.78, 5) is 25.8. The maximum Gasteiger partial charge on any atom is 0.231 e. The lowest BCUT2D eigenvalue weighted by Crippen LogP contribution is -2.44. The highest BCUT2D eigenvalue weighted by Gasteiger charge is 2.27. The van der Waals surface area contributed by atoms with Crippen molar-refractivity contribution in [2.75, 3.05) is 25.0 Å². The Morgan fingerprint density at radius 2 is 2.19 bits per heavy atom. The number of hydrogen-bond acceptors (Lipinski definition) is 5. The number of amides is 2. The second-order valence-electron chi connectivity index (χ2n) is 6.77. The molecule has 1 atom stereocenters. The molecule has 2 aromatic rings. The van der Waals surface area contributed by atoms with Crippen molar-refractivity contribution in [1.29, 1.82) is 0 Å². The smallest absolute Gasteiger partial charge is 0.231 e. The van der Waals surface area contributed by atoms with E-state index in [4.69, 9.17) is 5.73 Å². The molecular formula is C18H24N6O2. The van der Waals surface area contributed by atoms with E-state index in [2.05, 4.69) is 15.5 Å². The molecule has 2 amide bonds. The molecule has 3 rings (SSSR count). The predicted octanol–water partition coefficient (Wildman–Crippen LogP) is 0.926. The first kappa shape index (κ1) is 18.1. The average molecular weight is 356 g/mol. The third-order valence-corrected chi connectivity index (χ3v) is 4.80. The van der Waals surface area contributed by atoms with Crippen LogP contribution in [0.25, 0.3) is 11.4 Å². The molecule has 8 heteroatoms. The molecule has 1 aliphatic rings. The Kier molecular flexibility index (Phi) is 5.32. The van der Waals surface area contributed by atoms with Gasteiger partial charge in [-0.3, -0.25) is 14.5 Å². The Balaban J connectivity index is 1.74. The number of nitrogens with two attached hydrogens (primary N) is 1. The number of rotatable bonds is 5. The van der Waals surface area contributed by atoms with Crippen molar-refractivity contribution in [3.05, 3.63) is 30.1 Å². The fraction of sp³-hybridized carbons (Fsp3) is 0.444. The van der Waals surface area contributed by atoms with Crippen LogP contribution in [0.5, 0.6) is 0 Å². The molecule has 1 fully saturated rings. The molecule has 3 N–H and O–H groups in total. The van der Waals surface area contributed by atoms with Crippen LogP contribution in [0.15, 0.2) is 24.5 Å². The molecule has 138 valence electrons. The summed E-state index contributed by atoms with van der Waals surface area (Å²) in [5.41, 5.74) is 7.91. The second-order valence-corrected chi connectivity index (χ2v) is 6.77. The summed E-state index contributed by atoms with van der Waals surface area (Å²) in [6, 6.07) is 5.74. The normalized spacial score (nSPS) is 17.8. The fourth-order valence-corrected chi connectivity index (χ4v) is 3.41. The molecule has 8 nitrogen and oxygen atoms in total. The minimum absolute atomic E-state index is 0.0302. The zero-order chi connectivity index (χ0) is 18.7. The van der Waals surface area contributed by atoms with Crippen molar-refractivity contribution >= 4 is 17.5 Å². The van der Waals surface area contributed by atoms with Crippen LogP contribution in [0.2, 0.25) is 0 Å². The summed E-state index contributed by atoms with van der Waals surface area (Å²) in [5, 5.41) is 11.1. The fourth-order valence-electron chi connectivity index (χ4n) is 3.41. The van der Waals surface area contributed by atoms with Crippen molar-refractivity contribution in [3.8, 4) is 11.4 Å². The van der Waals surface area contributed by atoms with E-state index in [1.165, 1.54) is 0 Å². The third-order valence-electron chi connectivity index (χ3n) is 4.80. The van der Waals surface area contributed by atoms with Gasteiger partial charge in [0, 0.05) is 24.8 Å². The van der Waals surface area contributed by atoms with Crippen LogP contribution in [0.1, 0.15) is 18.4 Å². The number of carbonyl (C=O) groups is 2. The van der Waals surface area contributed by atoms with Gasteiger partial charge < -0.3 is 15.6 Å². The first-order valence-electron chi connectivity index (χ1n) is 8.71. The van der Waals surface area contributed by atoms with Gasteiger partial charge in [-0.15, -0.1) is 10.2 Å². The van der Waals surface area contributed by atoms with E-state index in [9.17, 15) is 9.59 Å². The Bertz CT molecular complexity index is 816. The van der Waals surface area contributed by atoms with Crippen molar-refractivity contribution in [2.45, 2.75) is 19.8 Å². The minimum Gasteiger partial charge on any atom is -0.369 e. The Hall–Kier alpha value is -2.74. The highest BCUT2D eigenvalue weighted by Crippen LogP contribution is 2.27. The first-order chi connectivity index (χ1) is 12.5. The lowest BCUT2D eigenvalue weighted by Gasteiger charge is -2.31. The number of anilines is 1. The molecule has 2 heterocycles. The van der Waals surface area contributed by atoms with Crippen LogP contribution in [-0.4, -0.2) is 51.1 Å². The topological polar surface area (TPSA) is 106 Å². The number of nitrogens with zero attached hydrogens (tertiary/aromatic N) is 4. The van der Waals surface area contributed by atoms with Crippen LogP contribution < -0.4 is 11.1 Å². The van der Waals surface area contributed by atoms with Crippen LogP contribution in [0.3, 0.4) is 0 Å². The molecule has 0 radical (unpaired) electrons. The lowest BCUT2D eigenvalue weighted by molar-refractivity contribution is -0.124. The first-order valence-corrected chi connectivity index (χ1v) is 8.71. The van der Waals surface area contributed by atoms with Gasteiger partial charge in [-0.2, -0.15) is 0 Å². The largest absolute Gasteiger partial charge is 0.369 e. The maximum absolute atomic E-state index is 12.7. The van der Waals surface area contributed by atoms with E-state index in [0.29, 0.717) is 6.54 Å². The molecule has 1 unspecified atom stereocenters. The van der Waals surface area contributed by atoms with Crippen LogP contribution in [0.4, 0.5) is 5.69 Å². The van der Waals surface area contributed by atoms with Gasteiger partial charge in [-0.1, -0.05) is 12.1 Å². The number of nitrogens with one attached hydrogen (secondary N) is 1. The summed E-state index contributed by atoms with van der Waals surface area (Å²) in [5.74, 6) is 0.209. The molecule has 1 saturated heterocycles. The van der Waals surface area contributed by atoms with E-state index >= 15 is 0 Å². The summed E-state index contributed by atoms with van der Waals surface area (Å²) in [7, 11) is 1.88. The van der Waals surface area contributed by atoms with Gasteiger partial charge in [-0.05, 0) is 37.9 Å². The maximum atomic E-state index is 12.7. The van der Waals surface area contributed by atoms with Crippen LogP contribution in [-0.2, 0) is 16.6 Å². The molecule has 0 aliphatic carbocycles. The van der Waals surface area contributed by atoms with E-state index in [0.717, 1.165) is 42.0 Å². The van der Waals surface area contributed by atoms with Crippen LogP contribution in [0, 0.1) is 12.8 Å². The molecule has 26 heavy (non-hydrogen) atoms. The standard InChI is InChI=1S/C18H24N6O2/c1-12-14(17-22-20-11-23(17)2)6-3-7-15(12)21-18(26)13-5-4-8-24(9-13)10-16(19)25/h3,6-7,11,13H,4-5,8-10H2,1-2H3,(H2,19,25)(H,21,26). The van der Waals surface area contributed by atoms with Crippen molar-refractivity contribution in [2.24, 2.45) is 18.7 Å². The summed E-state index contributed by atoms with van der Waals surface area (Å²) in [6.45, 7) is 3.51. The van der Waals surface area contributed by atoms with Gasteiger partial charge in [0.25, 0.3) is 0 Å². The average Bonchev–Trinajstić information content (AvgIpc) is 3.02. The van der Waals surface area contributed by atoms with Crippen molar-refractivity contribution < 1.29 is 9.59 Å². The second kappa shape index (κ2) is 7.65. The van der Waals surface area contributed by atoms with Gasteiger partial charge in [0.2, 0.25) is 11.8 Å². The highest BCUT2D eigenvalue weighted by atomic mass is 16.2. The number of aromatic nitrogens is 3.